The van der Waals surface area contributed by atoms with Gasteiger partial charge in [0.25, 0.3) is 0 Å². The Balaban J connectivity index is 1.86. The number of allylic oxidation sites excluding steroid dienone is 6. The fourth-order valence-corrected chi connectivity index (χ4v) is 4.43. The fourth-order valence-electron chi connectivity index (χ4n) is 4.43. The number of hydrogen-bond acceptors (Lipinski definition) is 4. The van der Waals surface area contributed by atoms with E-state index in [-0.39, 0.29) is 18.4 Å². The Labute approximate surface area is 217 Å². The third kappa shape index (κ3) is 10.4. The minimum absolute atomic E-state index is 0.140. The summed E-state index contributed by atoms with van der Waals surface area (Å²) in [4.78, 5) is 22.6. The van der Waals surface area contributed by atoms with Crippen LogP contribution in [0.3, 0.4) is 0 Å². The summed E-state index contributed by atoms with van der Waals surface area (Å²) < 4.78 is 11.8. The number of aliphatic carboxylic acids is 1. The Hall–Kier alpha value is -2.82. The first-order valence-electron chi connectivity index (χ1n) is 13.2. The second kappa shape index (κ2) is 14.1. The summed E-state index contributed by atoms with van der Waals surface area (Å²) in [6.07, 6.45) is 14.8. The lowest BCUT2D eigenvalue weighted by molar-refractivity contribution is -0.142. The monoisotopic (exact) mass is 496 g/mol. The standard InChI is InChI=1S/C31H44O5/c1-22(2)10-7-11-23(3)12-8-13-24(4)14-9-18-31(6)19-17-26-21-27(20-25(5)30(26)36-31)35-29(34)16-15-28(32)33/h10,12,14,20-21H,7-9,11,13,15-19H2,1-6H3,(H,32,33)/b23-12+,24-14+/t31-/m1/s1. The van der Waals surface area contributed by atoms with Crippen LogP contribution in [0.25, 0.3) is 0 Å². The predicted octanol–water partition coefficient (Wildman–Crippen LogP) is 8.05. The van der Waals surface area contributed by atoms with Gasteiger partial charge in [-0.05, 0) is 116 Å². The number of carboxylic acids is 1. The van der Waals surface area contributed by atoms with Gasteiger partial charge in [-0.3, -0.25) is 9.59 Å². The number of carbonyl (C=O) groups excluding carboxylic acids is 1. The van der Waals surface area contributed by atoms with Crippen molar-refractivity contribution in [3.63, 3.8) is 0 Å². The summed E-state index contributed by atoms with van der Waals surface area (Å²) in [5, 5.41) is 8.74. The van der Waals surface area contributed by atoms with Gasteiger partial charge in [-0.15, -0.1) is 0 Å². The van der Waals surface area contributed by atoms with Gasteiger partial charge in [-0.2, -0.15) is 0 Å². The van der Waals surface area contributed by atoms with E-state index >= 15 is 0 Å². The van der Waals surface area contributed by atoms with E-state index < -0.39 is 11.9 Å². The topological polar surface area (TPSA) is 72.8 Å². The van der Waals surface area contributed by atoms with E-state index in [0.717, 1.165) is 68.2 Å². The average molecular weight is 497 g/mol. The van der Waals surface area contributed by atoms with Gasteiger partial charge in [0.05, 0.1) is 12.8 Å². The van der Waals surface area contributed by atoms with Crippen molar-refractivity contribution in [2.24, 2.45) is 0 Å². The van der Waals surface area contributed by atoms with Gasteiger partial charge >= 0.3 is 11.9 Å². The van der Waals surface area contributed by atoms with E-state index in [1.54, 1.807) is 6.07 Å². The molecule has 0 radical (unpaired) electrons. The molecule has 0 aromatic heterocycles. The summed E-state index contributed by atoms with van der Waals surface area (Å²) in [6, 6.07) is 3.64. The highest BCUT2D eigenvalue weighted by Crippen LogP contribution is 2.40. The fraction of sp³-hybridized carbons (Fsp3) is 0.548. The Morgan fingerprint density at radius 1 is 0.972 bits per heavy atom. The van der Waals surface area contributed by atoms with E-state index in [1.807, 2.05) is 13.0 Å². The lowest BCUT2D eigenvalue weighted by Crippen LogP contribution is -2.36. The number of carbonyl (C=O) groups is 2. The number of fused-ring (bicyclic) bond motifs is 1. The van der Waals surface area contributed by atoms with E-state index in [0.29, 0.717) is 5.75 Å². The number of benzene rings is 1. The minimum Gasteiger partial charge on any atom is -0.487 e. The summed E-state index contributed by atoms with van der Waals surface area (Å²) in [5.74, 6) is -0.212. The van der Waals surface area contributed by atoms with Gasteiger partial charge in [-0.25, -0.2) is 0 Å². The van der Waals surface area contributed by atoms with Crippen LogP contribution >= 0.6 is 0 Å². The van der Waals surface area contributed by atoms with E-state index in [2.05, 4.69) is 52.8 Å². The molecule has 0 aliphatic carbocycles. The van der Waals surface area contributed by atoms with Crippen molar-refractivity contribution >= 4 is 11.9 Å². The first kappa shape index (κ1) is 29.4. The van der Waals surface area contributed by atoms with E-state index in [9.17, 15) is 9.59 Å². The van der Waals surface area contributed by atoms with Crippen molar-refractivity contribution in [1.29, 1.82) is 0 Å². The molecule has 1 N–H and O–H groups in total. The van der Waals surface area contributed by atoms with Crippen LogP contribution in [0.4, 0.5) is 0 Å². The molecule has 198 valence electrons. The zero-order valence-corrected chi connectivity index (χ0v) is 23.0. The van der Waals surface area contributed by atoms with Crippen molar-refractivity contribution in [1.82, 2.24) is 0 Å². The molecule has 0 fully saturated rings. The van der Waals surface area contributed by atoms with Gasteiger partial charge in [0.15, 0.2) is 0 Å². The number of rotatable bonds is 13. The molecule has 1 heterocycles. The third-order valence-electron chi connectivity index (χ3n) is 6.66. The Morgan fingerprint density at radius 2 is 1.61 bits per heavy atom. The molecule has 1 aliphatic rings. The van der Waals surface area contributed by atoms with Gasteiger partial charge < -0.3 is 14.6 Å². The second-order valence-electron chi connectivity index (χ2n) is 10.6. The molecular weight excluding hydrogens is 452 g/mol. The smallest absolute Gasteiger partial charge is 0.311 e. The normalized spacial score (nSPS) is 17.7. The molecule has 2 rings (SSSR count). The minimum atomic E-state index is -1.01. The summed E-state index contributed by atoms with van der Waals surface area (Å²) >= 11 is 0. The van der Waals surface area contributed by atoms with Crippen LogP contribution in [0.2, 0.25) is 0 Å². The summed E-state index contributed by atoms with van der Waals surface area (Å²) in [7, 11) is 0. The lowest BCUT2D eigenvalue weighted by atomic mass is 9.87. The maximum absolute atomic E-state index is 11.9. The molecular formula is C31H44O5. The van der Waals surface area contributed by atoms with Crippen molar-refractivity contribution in [2.45, 2.75) is 111 Å². The van der Waals surface area contributed by atoms with Gasteiger partial charge in [-0.1, -0.05) is 34.9 Å². The maximum Gasteiger partial charge on any atom is 0.311 e. The van der Waals surface area contributed by atoms with Crippen LogP contribution in [0, 0.1) is 6.92 Å². The zero-order chi connectivity index (χ0) is 26.7. The molecule has 36 heavy (non-hydrogen) atoms. The van der Waals surface area contributed by atoms with Gasteiger partial charge in [0, 0.05) is 0 Å². The van der Waals surface area contributed by atoms with Crippen molar-refractivity contribution in [3.05, 3.63) is 58.2 Å². The maximum atomic E-state index is 11.9. The molecule has 0 unspecified atom stereocenters. The number of carboxylic acid groups (broad SMARTS) is 1. The Bertz CT molecular complexity index is 1010. The second-order valence-corrected chi connectivity index (χ2v) is 10.6. The average Bonchev–Trinajstić information content (AvgIpc) is 2.78. The molecule has 1 aromatic carbocycles. The first-order chi connectivity index (χ1) is 17.0. The number of hydrogen-bond donors (Lipinski definition) is 1. The van der Waals surface area contributed by atoms with E-state index in [4.69, 9.17) is 14.6 Å². The molecule has 5 nitrogen and oxygen atoms in total. The molecule has 1 atom stereocenters. The quantitative estimate of drug-likeness (QED) is 0.170. The van der Waals surface area contributed by atoms with Crippen molar-refractivity contribution in [3.8, 4) is 11.5 Å². The molecule has 0 saturated carbocycles. The summed E-state index contributed by atoms with van der Waals surface area (Å²) in [6.45, 7) is 12.9. The molecule has 1 aliphatic heterocycles. The molecule has 1 aromatic rings. The van der Waals surface area contributed by atoms with Crippen LogP contribution in [0.5, 0.6) is 11.5 Å². The lowest BCUT2D eigenvalue weighted by Gasteiger charge is -2.37. The van der Waals surface area contributed by atoms with Crippen LogP contribution in [0.1, 0.15) is 104 Å². The molecule has 0 bridgehead atoms. The number of ether oxygens (including phenoxy) is 2. The number of aryl methyl sites for hydroxylation is 2. The van der Waals surface area contributed by atoms with Crippen LogP contribution in [0.15, 0.2) is 47.1 Å². The highest BCUT2D eigenvalue weighted by Gasteiger charge is 2.32. The Morgan fingerprint density at radius 3 is 2.25 bits per heavy atom. The third-order valence-corrected chi connectivity index (χ3v) is 6.66. The summed E-state index contributed by atoms with van der Waals surface area (Å²) in [5.41, 5.74) is 6.01. The van der Waals surface area contributed by atoms with Crippen molar-refractivity contribution in [2.75, 3.05) is 0 Å². The molecule has 0 spiro atoms. The van der Waals surface area contributed by atoms with E-state index in [1.165, 1.54) is 16.7 Å². The Kier molecular flexibility index (Phi) is 11.5. The van der Waals surface area contributed by atoms with Crippen LogP contribution in [-0.4, -0.2) is 22.6 Å². The largest absolute Gasteiger partial charge is 0.487 e. The van der Waals surface area contributed by atoms with Crippen LogP contribution < -0.4 is 9.47 Å². The van der Waals surface area contributed by atoms with Crippen molar-refractivity contribution < 1.29 is 24.2 Å². The molecule has 0 amide bonds. The molecule has 5 heteroatoms. The first-order valence-corrected chi connectivity index (χ1v) is 13.2. The highest BCUT2D eigenvalue weighted by atomic mass is 16.5. The predicted molar refractivity (Wildman–Crippen MR) is 146 cm³/mol. The number of esters is 1. The van der Waals surface area contributed by atoms with Gasteiger partial charge in [0.1, 0.15) is 17.1 Å². The highest BCUT2D eigenvalue weighted by molar-refractivity contribution is 5.78. The molecule has 0 saturated heterocycles. The van der Waals surface area contributed by atoms with Crippen LogP contribution in [-0.2, 0) is 16.0 Å². The van der Waals surface area contributed by atoms with Gasteiger partial charge in [0.2, 0.25) is 0 Å². The SMILES string of the molecule is CC(C)=CCC/C(C)=C/CC/C(C)=C/CC[C@]1(C)CCc2cc(OC(=O)CCC(=O)O)cc(C)c2O1. The zero-order valence-electron chi connectivity index (χ0n) is 23.0.